The van der Waals surface area contributed by atoms with E-state index in [1.807, 2.05) is 19.1 Å². The van der Waals surface area contributed by atoms with Crippen LogP contribution < -0.4 is 0 Å². The molecule has 1 aliphatic rings. The molecule has 88 valence electrons. The van der Waals surface area contributed by atoms with Crippen molar-refractivity contribution in [3.05, 3.63) is 29.6 Å². The number of aryl methyl sites for hydroxylation is 1. The van der Waals surface area contributed by atoms with E-state index < -0.39 is 6.10 Å². The maximum absolute atomic E-state index is 9.99. The molecule has 1 aromatic heterocycles. The summed E-state index contributed by atoms with van der Waals surface area (Å²) in [5, 5.41) is 9.99. The van der Waals surface area contributed by atoms with E-state index in [1.165, 1.54) is 0 Å². The van der Waals surface area contributed by atoms with Gasteiger partial charge in [0.15, 0.2) is 0 Å². The summed E-state index contributed by atoms with van der Waals surface area (Å²) in [6, 6.07) is 3.89. The molecule has 16 heavy (non-hydrogen) atoms. The summed E-state index contributed by atoms with van der Waals surface area (Å²) in [6.45, 7) is 2.89. The number of pyridine rings is 1. The lowest BCUT2D eigenvalue weighted by Crippen LogP contribution is -2.08. The topological polar surface area (TPSA) is 42.4 Å². The van der Waals surface area contributed by atoms with Crippen LogP contribution in [0.2, 0.25) is 0 Å². The zero-order chi connectivity index (χ0) is 11.4. The first kappa shape index (κ1) is 11.6. The van der Waals surface area contributed by atoms with Crippen molar-refractivity contribution in [2.75, 3.05) is 6.61 Å². The minimum atomic E-state index is -0.455. The van der Waals surface area contributed by atoms with Crippen LogP contribution in [0.25, 0.3) is 0 Å². The summed E-state index contributed by atoms with van der Waals surface area (Å²) in [5.41, 5.74) is 1.92. The molecule has 3 heteroatoms. The first-order chi connectivity index (χ1) is 7.75. The summed E-state index contributed by atoms with van der Waals surface area (Å²) >= 11 is 0. The molecule has 3 nitrogen and oxygen atoms in total. The highest BCUT2D eigenvalue weighted by Crippen LogP contribution is 2.23. The highest BCUT2D eigenvalue weighted by Gasteiger charge is 2.18. The van der Waals surface area contributed by atoms with E-state index in [-0.39, 0.29) is 0 Å². The van der Waals surface area contributed by atoms with Gasteiger partial charge in [-0.3, -0.25) is 4.98 Å². The van der Waals surface area contributed by atoms with Crippen LogP contribution in [-0.4, -0.2) is 22.8 Å². The molecule has 0 saturated carbocycles. The Kier molecular flexibility index (Phi) is 3.91. The van der Waals surface area contributed by atoms with E-state index in [0.29, 0.717) is 6.10 Å². The Hall–Kier alpha value is -0.930. The highest BCUT2D eigenvalue weighted by molar-refractivity contribution is 5.16. The predicted octanol–water partition coefficient (Wildman–Crippen LogP) is 2.38. The van der Waals surface area contributed by atoms with Crippen LogP contribution in [-0.2, 0) is 4.74 Å². The number of aromatic nitrogens is 1. The Morgan fingerprint density at radius 2 is 2.50 bits per heavy atom. The molecular formula is C13H19NO2. The lowest BCUT2D eigenvalue weighted by Gasteiger charge is -2.13. The quantitative estimate of drug-likeness (QED) is 0.848. The molecule has 0 bridgehead atoms. The van der Waals surface area contributed by atoms with Crippen LogP contribution in [0.1, 0.15) is 43.0 Å². The van der Waals surface area contributed by atoms with Crippen LogP contribution in [0.4, 0.5) is 0 Å². The van der Waals surface area contributed by atoms with E-state index in [0.717, 1.165) is 43.5 Å². The second-order valence-corrected chi connectivity index (χ2v) is 4.49. The number of nitrogens with zero attached hydrogens (tertiary/aromatic N) is 1. The van der Waals surface area contributed by atoms with Crippen molar-refractivity contribution in [3.63, 3.8) is 0 Å². The van der Waals surface area contributed by atoms with Crippen LogP contribution in [0, 0.1) is 6.92 Å². The molecule has 1 N–H and O–H groups in total. The predicted molar refractivity (Wildman–Crippen MR) is 62.1 cm³/mol. The van der Waals surface area contributed by atoms with Crippen molar-refractivity contribution in [1.82, 2.24) is 4.98 Å². The number of hydrogen-bond acceptors (Lipinski definition) is 3. The number of hydrogen-bond donors (Lipinski definition) is 1. The fraction of sp³-hybridized carbons (Fsp3) is 0.615. The Morgan fingerprint density at radius 1 is 1.62 bits per heavy atom. The maximum Gasteiger partial charge on any atom is 0.0960 e. The zero-order valence-electron chi connectivity index (χ0n) is 9.72. The monoisotopic (exact) mass is 221 g/mol. The number of rotatable bonds is 4. The van der Waals surface area contributed by atoms with E-state index in [2.05, 4.69) is 4.98 Å². The Labute approximate surface area is 96.5 Å². The SMILES string of the molecule is Cc1ccnc(C(O)CCC2CCCO2)c1. The van der Waals surface area contributed by atoms with Crippen molar-refractivity contribution in [1.29, 1.82) is 0 Å². The van der Waals surface area contributed by atoms with Gasteiger partial charge < -0.3 is 9.84 Å². The molecule has 2 unspecified atom stereocenters. The van der Waals surface area contributed by atoms with Crippen LogP contribution in [0.3, 0.4) is 0 Å². The van der Waals surface area contributed by atoms with Crippen molar-refractivity contribution < 1.29 is 9.84 Å². The minimum absolute atomic E-state index is 0.347. The fourth-order valence-electron chi connectivity index (χ4n) is 2.11. The van der Waals surface area contributed by atoms with Gasteiger partial charge >= 0.3 is 0 Å². The van der Waals surface area contributed by atoms with Gasteiger partial charge in [0.05, 0.1) is 17.9 Å². The molecule has 1 aliphatic heterocycles. The summed E-state index contributed by atoms with van der Waals surface area (Å²) in [5.74, 6) is 0. The van der Waals surface area contributed by atoms with Crippen LogP contribution in [0.5, 0.6) is 0 Å². The normalized spacial score (nSPS) is 22.2. The molecule has 0 spiro atoms. The molecule has 1 saturated heterocycles. The summed E-state index contributed by atoms with van der Waals surface area (Å²) in [4.78, 5) is 4.19. The molecule has 2 atom stereocenters. The number of aliphatic hydroxyl groups excluding tert-OH is 1. The van der Waals surface area contributed by atoms with Gasteiger partial charge in [0, 0.05) is 12.8 Å². The number of aliphatic hydroxyl groups is 1. The Bertz CT molecular complexity index is 334. The first-order valence-corrected chi connectivity index (χ1v) is 5.98. The fourth-order valence-corrected chi connectivity index (χ4v) is 2.11. The van der Waals surface area contributed by atoms with Gasteiger partial charge in [-0.2, -0.15) is 0 Å². The second kappa shape index (κ2) is 5.41. The van der Waals surface area contributed by atoms with E-state index in [4.69, 9.17) is 4.74 Å². The van der Waals surface area contributed by atoms with Crippen LogP contribution in [0.15, 0.2) is 18.3 Å². The largest absolute Gasteiger partial charge is 0.387 e. The van der Waals surface area contributed by atoms with Crippen molar-refractivity contribution >= 4 is 0 Å². The van der Waals surface area contributed by atoms with Crippen molar-refractivity contribution in [3.8, 4) is 0 Å². The average molecular weight is 221 g/mol. The van der Waals surface area contributed by atoms with E-state index in [9.17, 15) is 5.11 Å². The standard InChI is InChI=1S/C13H19NO2/c1-10-6-7-14-12(9-10)13(15)5-4-11-3-2-8-16-11/h6-7,9,11,13,15H,2-5,8H2,1H3. The molecule has 1 fully saturated rings. The Balaban J connectivity index is 1.85. The highest BCUT2D eigenvalue weighted by atomic mass is 16.5. The second-order valence-electron chi connectivity index (χ2n) is 4.49. The summed E-state index contributed by atoms with van der Waals surface area (Å²) < 4.78 is 5.53. The van der Waals surface area contributed by atoms with Crippen molar-refractivity contribution in [2.24, 2.45) is 0 Å². The first-order valence-electron chi connectivity index (χ1n) is 5.98. The van der Waals surface area contributed by atoms with Gasteiger partial charge in [-0.15, -0.1) is 0 Å². The van der Waals surface area contributed by atoms with Gasteiger partial charge in [-0.05, 0) is 50.3 Å². The molecule has 2 heterocycles. The van der Waals surface area contributed by atoms with Gasteiger partial charge in [0.1, 0.15) is 0 Å². The van der Waals surface area contributed by atoms with E-state index >= 15 is 0 Å². The van der Waals surface area contributed by atoms with Gasteiger partial charge in [-0.1, -0.05) is 0 Å². The minimum Gasteiger partial charge on any atom is -0.387 e. The van der Waals surface area contributed by atoms with Gasteiger partial charge in [-0.25, -0.2) is 0 Å². The molecule has 0 radical (unpaired) electrons. The number of ether oxygens (including phenoxy) is 1. The Morgan fingerprint density at radius 3 is 3.19 bits per heavy atom. The molecule has 0 amide bonds. The molecule has 0 aromatic carbocycles. The van der Waals surface area contributed by atoms with Crippen LogP contribution >= 0.6 is 0 Å². The third-order valence-corrected chi connectivity index (χ3v) is 3.06. The molecular weight excluding hydrogens is 202 g/mol. The molecule has 2 rings (SSSR count). The third-order valence-electron chi connectivity index (χ3n) is 3.06. The van der Waals surface area contributed by atoms with E-state index in [1.54, 1.807) is 6.20 Å². The lowest BCUT2D eigenvalue weighted by atomic mass is 10.0. The zero-order valence-corrected chi connectivity index (χ0v) is 9.72. The summed E-state index contributed by atoms with van der Waals surface area (Å²) in [7, 11) is 0. The van der Waals surface area contributed by atoms with Gasteiger partial charge in [0.2, 0.25) is 0 Å². The molecule has 0 aliphatic carbocycles. The van der Waals surface area contributed by atoms with Gasteiger partial charge in [0.25, 0.3) is 0 Å². The average Bonchev–Trinajstić information content (AvgIpc) is 2.78. The van der Waals surface area contributed by atoms with Crippen molar-refractivity contribution in [2.45, 2.75) is 44.8 Å². The maximum atomic E-state index is 9.99. The summed E-state index contributed by atoms with van der Waals surface area (Å²) in [6.07, 6.45) is 5.60. The third kappa shape index (κ3) is 3.03. The molecule has 1 aromatic rings. The lowest BCUT2D eigenvalue weighted by molar-refractivity contribution is 0.0802. The smallest absolute Gasteiger partial charge is 0.0960 e.